The van der Waals surface area contributed by atoms with E-state index in [1.54, 1.807) is 7.11 Å². The van der Waals surface area contributed by atoms with Gasteiger partial charge in [-0.25, -0.2) is 4.79 Å². The molecule has 0 aliphatic heterocycles. The number of benzene rings is 1. The summed E-state index contributed by atoms with van der Waals surface area (Å²) in [5.74, 6) is -0.199. The Labute approximate surface area is 94.8 Å². The third-order valence-corrected chi connectivity index (χ3v) is 2.24. The smallest absolute Gasteiger partial charge is 0.332 e. The summed E-state index contributed by atoms with van der Waals surface area (Å²) in [5, 5.41) is 8.71. The molecule has 0 heterocycles. The van der Waals surface area contributed by atoms with Gasteiger partial charge in [-0.2, -0.15) is 0 Å². The van der Waals surface area contributed by atoms with Crippen molar-refractivity contribution in [2.24, 2.45) is 0 Å². The monoisotopic (exact) mass is 221 g/mol. The Morgan fingerprint density at radius 1 is 1.44 bits per heavy atom. The molecule has 1 aromatic carbocycles. The summed E-state index contributed by atoms with van der Waals surface area (Å²) >= 11 is 0. The number of hydrogen-bond donors (Lipinski definition) is 1. The first-order valence-electron chi connectivity index (χ1n) is 4.81. The zero-order valence-corrected chi connectivity index (χ0v) is 9.43. The van der Waals surface area contributed by atoms with E-state index in [1.165, 1.54) is 0 Å². The molecule has 4 nitrogen and oxygen atoms in total. The molecule has 86 valence electrons. The Kier molecular flexibility index (Phi) is 3.94. The average Bonchev–Trinajstić information content (AvgIpc) is 2.28. The molecule has 0 atom stereocenters. The number of carboxylic acids is 1. The Morgan fingerprint density at radius 3 is 2.44 bits per heavy atom. The van der Waals surface area contributed by atoms with Crippen LogP contribution in [0, 0.1) is 0 Å². The third-order valence-electron chi connectivity index (χ3n) is 2.24. The van der Waals surface area contributed by atoms with Crippen LogP contribution in [0.5, 0.6) is 5.75 Å². The fourth-order valence-electron chi connectivity index (χ4n) is 1.28. The number of methoxy groups -OCH3 is 1. The van der Waals surface area contributed by atoms with Crippen LogP contribution in [0.2, 0.25) is 0 Å². The number of rotatable bonds is 5. The van der Waals surface area contributed by atoms with Gasteiger partial charge in [0.25, 0.3) is 0 Å². The minimum Gasteiger partial charge on any atom is -0.497 e. The molecule has 1 N–H and O–H groups in total. The lowest BCUT2D eigenvalue weighted by molar-refractivity contribution is -0.132. The number of carboxylic acid groups (broad SMARTS) is 1. The van der Waals surface area contributed by atoms with Crippen molar-refractivity contribution in [3.63, 3.8) is 0 Å². The van der Waals surface area contributed by atoms with Gasteiger partial charge in [0.05, 0.1) is 7.11 Å². The lowest BCUT2D eigenvalue weighted by Gasteiger charge is -2.19. The zero-order valence-electron chi connectivity index (χ0n) is 9.43. The highest BCUT2D eigenvalue weighted by atomic mass is 16.5. The second-order valence-corrected chi connectivity index (χ2v) is 3.46. The number of aliphatic carboxylic acids is 1. The molecule has 0 fully saturated rings. The summed E-state index contributed by atoms with van der Waals surface area (Å²) in [6.45, 7) is 3.78. The van der Waals surface area contributed by atoms with E-state index in [0.29, 0.717) is 6.54 Å². The fraction of sp³-hybridized carbons (Fsp3) is 0.250. The lowest BCUT2D eigenvalue weighted by atomic mass is 10.2. The molecule has 0 aliphatic rings. The highest BCUT2D eigenvalue weighted by Gasteiger charge is 2.08. The lowest BCUT2D eigenvalue weighted by Crippen LogP contribution is -2.22. The second-order valence-electron chi connectivity index (χ2n) is 3.46. The molecule has 0 amide bonds. The van der Waals surface area contributed by atoms with Gasteiger partial charge in [-0.3, -0.25) is 0 Å². The summed E-state index contributed by atoms with van der Waals surface area (Å²) in [6.07, 6.45) is 0. The normalized spacial score (nSPS) is 9.62. The molecule has 0 aromatic heterocycles. The van der Waals surface area contributed by atoms with Gasteiger partial charge in [0.2, 0.25) is 0 Å². The third kappa shape index (κ3) is 3.02. The molecular formula is C12H15NO3. The quantitative estimate of drug-likeness (QED) is 0.770. The van der Waals surface area contributed by atoms with E-state index in [9.17, 15) is 4.79 Å². The standard InChI is InChI=1S/C12H15NO3/c1-9(12(14)15)8-13(2)10-4-6-11(16-3)7-5-10/h4-7H,1,8H2,2-3H3,(H,14,15). The fourth-order valence-corrected chi connectivity index (χ4v) is 1.28. The predicted octanol–water partition coefficient (Wildman–Crippen LogP) is 1.77. The predicted molar refractivity (Wildman–Crippen MR) is 63.0 cm³/mol. The molecule has 0 saturated heterocycles. The van der Waals surface area contributed by atoms with Gasteiger partial charge in [-0.1, -0.05) is 6.58 Å². The van der Waals surface area contributed by atoms with Gasteiger partial charge in [0, 0.05) is 24.9 Å². The molecular weight excluding hydrogens is 206 g/mol. The van der Waals surface area contributed by atoms with Gasteiger partial charge in [0.15, 0.2) is 0 Å². The molecule has 0 unspecified atom stereocenters. The van der Waals surface area contributed by atoms with Crippen molar-refractivity contribution in [3.05, 3.63) is 36.4 Å². The molecule has 4 heteroatoms. The van der Waals surface area contributed by atoms with Gasteiger partial charge < -0.3 is 14.7 Å². The topological polar surface area (TPSA) is 49.8 Å². The first-order chi connectivity index (χ1) is 7.54. The maximum Gasteiger partial charge on any atom is 0.332 e. The highest BCUT2D eigenvalue weighted by molar-refractivity contribution is 5.87. The van der Waals surface area contributed by atoms with Crippen molar-refractivity contribution in [1.82, 2.24) is 0 Å². The van der Waals surface area contributed by atoms with E-state index < -0.39 is 5.97 Å². The van der Waals surface area contributed by atoms with E-state index in [1.807, 2.05) is 36.2 Å². The van der Waals surface area contributed by atoms with Crippen LogP contribution in [0.3, 0.4) is 0 Å². The molecule has 16 heavy (non-hydrogen) atoms. The van der Waals surface area contributed by atoms with Gasteiger partial charge in [-0.15, -0.1) is 0 Å². The van der Waals surface area contributed by atoms with Crippen LogP contribution in [0.25, 0.3) is 0 Å². The Balaban J connectivity index is 2.69. The molecule has 0 radical (unpaired) electrons. The number of likely N-dealkylation sites (N-methyl/N-ethyl adjacent to an activating group) is 1. The van der Waals surface area contributed by atoms with E-state index in [2.05, 4.69) is 6.58 Å². The van der Waals surface area contributed by atoms with Gasteiger partial charge >= 0.3 is 5.97 Å². The van der Waals surface area contributed by atoms with Crippen molar-refractivity contribution < 1.29 is 14.6 Å². The molecule has 0 bridgehead atoms. The second kappa shape index (κ2) is 5.21. The van der Waals surface area contributed by atoms with Crippen LogP contribution in [0.15, 0.2) is 36.4 Å². The average molecular weight is 221 g/mol. The zero-order chi connectivity index (χ0) is 12.1. The maximum absolute atomic E-state index is 10.6. The van der Waals surface area contributed by atoms with Gasteiger partial charge in [0.1, 0.15) is 5.75 Å². The van der Waals surface area contributed by atoms with Crippen molar-refractivity contribution >= 4 is 11.7 Å². The van der Waals surface area contributed by atoms with Crippen molar-refractivity contribution in [1.29, 1.82) is 0 Å². The summed E-state index contributed by atoms with van der Waals surface area (Å²) in [6, 6.07) is 7.40. The molecule has 0 spiro atoms. The molecule has 1 aromatic rings. The van der Waals surface area contributed by atoms with E-state index >= 15 is 0 Å². The van der Waals surface area contributed by atoms with E-state index in [0.717, 1.165) is 11.4 Å². The van der Waals surface area contributed by atoms with Crippen molar-refractivity contribution in [2.45, 2.75) is 0 Å². The number of hydrogen-bond acceptors (Lipinski definition) is 3. The van der Waals surface area contributed by atoms with Crippen LogP contribution in [-0.2, 0) is 4.79 Å². The molecule has 1 rings (SSSR count). The summed E-state index contributed by atoms with van der Waals surface area (Å²) in [5.41, 5.74) is 1.08. The van der Waals surface area contributed by atoms with E-state index in [-0.39, 0.29) is 5.57 Å². The first kappa shape index (κ1) is 12.1. The van der Waals surface area contributed by atoms with Gasteiger partial charge in [-0.05, 0) is 24.3 Å². The summed E-state index contributed by atoms with van der Waals surface area (Å²) in [4.78, 5) is 12.4. The minimum absolute atomic E-state index is 0.165. The molecule has 0 aliphatic carbocycles. The number of nitrogens with zero attached hydrogens (tertiary/aromatic N) is 1. The number of ether oxygens (including phenoxy) is 1. The van der Waals surface area contributed by atoms with Crippen LogP contribution < -0.4 is 9.64 Å². The van der Waals surface area contributed by atoms with Crippen LogP contribution in [0.1, 0.15) is 0 Å². The number of anilines is 1. The van der Waals surface area contributed by atoms with Crippen LogP contribution in [0.4, 0.5) is 5.69 Å². The van der Waals surface area contributed by atoms with Crippen molar-refractivity contribution in [2.75, 3.05) is 25.6 Å². The largest absolute Gasteiger partial charge is 0.497 e. The highest BCUT2D eigenvalue weighted by Crippen LogP contribution is 2.18. The number of carbonyl (C=O) groups is 1. The minimum atomic E-state index is -0.972. The van der Waals surface area contributed by atoms with Crippen LogP contribution in [-0.4, -0.2) is 31.8 Å². The van der Waals surface area contributed by atoms with E-state index in [4.69, 9.17) is 9.84 Å². The van der Waals surface area contributed by atoms with Crippen molar-refractivity contribution in [3.8, 4) is 5.75 Å². The Bertz CT molecular complexity index is 384. The molecule has 0 saturated carbocycles. The summed E-state index contributed by atoms with van der Waals surface area (Å²) < 4.78 is 5.04. The van der Waals surface area contributed by atoms with Crippen LogP contribution >= 0.6 is 0 Å². The maximum atomic E-state index is 10.6. The summed E-state index contributed by atoms with van der Waals surface area (Å²) in [7, 11) is 3.42. The SMILES string of the molecule is C=C(CN(C)c1ccc(OC)cc1)C(=O)O. The Morgan fingerprint density at radius 2 is 2.00 bits per heavy atom. The first-order valence-corrected chi connectivity index (χ1v) is 4.81. The Hall–Kier alpha value is -1.97.